The van der Waals surface area contributed by atoms with E-state index in [1.165, 1.54) is 6.07 Å². The molecule has 3 aromatic rings. The number of nitrogens with zero attached hydrogens (tertiary/aromatic N) is 2. The maximum absolute atomic E-state index is 14.2. The Labute approximate surface area is 166 Å². The van der Waals surface area contributed by atoms with Crippen LogP contribution in [0.4, 0.5) is 4.39 Å². The average molecular weight is 396 g/mol. The first kappa shape index (κ1) is 19.1. The first-order valence-electron chi connectivity index (χ1n) is 9.46. The van der Waals surface area contributed by atoms with Crippen LogP contribution in [0.25, 0.3) is 10.9 Å². The molecule has 0 saturated carbocycles. The number of carbonyl (C=O) groups excluding carboxylic acids is 1. The number of piperidine rings is 1. The number of carbonyl (C=O) groups is 2. The summed E-state index contributed by atoms with van der Waals surface area (Å²) in [5.41, 5.74) is -0.0911. The van der Waals surface area contributed by atoms with Gasteiger partial charge in [0.1, 0.15) is 11.5 Å². The van der Waals surface area contributed by atoms with Gasteiger partial charge >= 0.3 is 5.97 Å². The van der Waals surface area contributed by atoms with Gasteiger partial charge in [-0.05, 0) is 18.2 Å². The summed E-state index contributed by atoms with van der Waals surface area (Å²) in [5.74, 6) is -1.86. The molecule has 0 atom stereocenters. The lowest BCUT2D eigenvalue weighted by molar-refractivity contribution is -0.162. The fourth-order valence-electron chi connectivity index (χ4n) is 3.81. The number of rotatable bonds is 4. The van der Waals surface area contributed by atoms with Crippen molar-refractivity contribution in [2.75, 3.05) is 13.1 Å². The first-order valence-corrected chi connectivity index (χ1v) is 9.46. The van der Waals surface area contributed by atoms with Gasteiger partial charge in [-0.2, -0.15) is 0 Å². The number of carboxylic acid groups (broad SMARTS) is 1. The third-order valence-electron chi connectivity index (χ3n) is 5.59. The molecule has 1 aliphatic heterocycles. The molecule has 4 rings (SSSR count). The van der Waals surface area contributed by atoms with Crippen LogP contribution >= 0.6 is 0 Å². The van der Waals surface area contributed by atoms with Crippen molar-refractivity contribution >= 4 is 22.8 Å². The third kappa shape index (κ3) is 3.49. The second-order valence-electron chi connectivity index (χ2n) is 7.39. The molecule has 1 aromatic heterocycles. The molecule has 0 radical (unpaired) electrons. The minimum absolute atomic E-state index is 0.0262. The van der Waals surface area contributed by atoms with Crippen molar-refractivity contribution in [1.29, 1.82) is 0 Å². The molecule has 1 aliphatic rings. The summed E-state index contributed by atoms with van der Waals surface area (Å²) in [6.07, 6.45) is -0.0524. The standard InChI is InChI=1S/C22H21FN2O4/c23-17-7-3-1-6-16(17)14-25-18-8-4-2-5-15(18)13-19(25)20(26)24-11-9-22(29,10-12-24)21(27)28/h1-8,13,29H,9-12,14H2,(H,27,28). The quantitative estimate of drug-likeness (QED) is 0.710. The molecule has 7 heteroatoms. The summed E-state index contributed by atoms with van der Waals surface area (Å²) in [7, 11) is 0. The first-order chi connectivity index (χ1) is 13.9. The van der Waals surface area contributed by atoms with Crippen LogP contribution in [0.15, 0.2) is 54.6 Å². The third-order valence-corrected chi connectivity index (χ3v) is 5.59. The van der Waals surface area contributed by atoms with E-state index in [-0.39, 0.29) is 44.2 Å². The molecule has 1 amide bonds. The normalized spacial score (nSPS) is 16.1. The molecule has 0 spiro atoms. The van der Waals surface area contributed by atoms with Gasteiger partial charge in [0.15, 0.2) is 5.60 Å². The second kappa shape index (κ2) is 7.33. The van der Waals surface area contributed by atoms with E-state index >= 15 is 0 Å². The Kier molecular flexibility index (Phi) is 4.84. The van der Waals surface area contributed by atoms with Crippen molar-refractivity contribution in [2.45, 2.75) is 25.0 Å². The number of para-hydroxylation sites is 1. The minimum atomic E-state index is -1.79. The number of hydrogen-bond donors (Lipinski definition) is 2. The van der Waals surface area contributed by atoms with Gasteiger partial charge in [0.25, 0.3) is 5.91 Å². The van der Waals surface area contributed by atoms with Gasteiger partial charge in [-0.1, -0.05) is 36.4 Å². The number of aromatic nitrogens is 1. The molecule has 1 saturated heterocycles. The van der Waals surface area contributed by atoms with Crippen LogP contribution in [-0.4, -0.2) is 50.2 Å². The molecule has 0 bridgehead atoms. The number of amides is 1. The second-order valence-corrected chi connectivity index (χ2v) is 7.39. The van der Waals surface area contributed by atoms with Crippen molar-refractivity contribution in [3.63, 3.8) is 0 Å². The molecule has 1 fully saturated rings. The Bertz CT molecular complexity index is 1080. The zero-order valence-electron chi connectivity index (χ0n) is 15.7. The van der Waals surface area contributed by atoms with Gasteiger partial charge < -0.3 is 19.7 Å². The molecule has 29 heavy (non-hydrogen) atoms. The largest absolute Gasteiger partial charge is 0.479 e. The zero-order valence-corrected chi connectivity index (χ0v) is 15.7. The number of fused-ring (bicyclic) bond motifs is 1. The van der Waals surface area contributed by atoms with Gasteiger partial charge in [0.2, 0.25) is 0 Å². The van der Waals surface area contributed by atoms with Gasteiger partial charge in [-0.25, -0.2) is 9.18 Å². The molecule has 2 heterocycles. The lowest BCUT2D eigenvalue weighted by Gasteiger charge is -2.35. The van der Waals surface area contributed by atoms with Gasteiger partial charge in [-0.3, -0.25) is 4.79 Å². The van der Waals surface area contributed by atoms with E-state index in [1.54, 1.807) is 33.7 Å². The summed E-state index contributed by atoms with van der Waals surface area (Å²) in [4.78, 5) is 26.0. The van der Waals surface area contributed by atoms with Crippen LogP contribution in [-0.2, 0) is 11.3 Å². The molecule has 2 aromatic carbocycles. The average Bonchev–Trinajstić information content (AvgIpc) is 3.08. The van der Waals surface area contributed by atoms with E-state index < -0.39 is 11.6 Å². The maximum Gasteiger partial charge on any atom is 0.335 e. The fraction of sp³-hybridized carbons (Fsp3) is 0.273. The summed E-state index contributed by atoms with van der Waals surface area (Å²) in [6, 6.07) is 15.7. The number of likely N-dealkylation sites (tertiary alicyclic amines) is 1. The van der Waals surface area contributed by atoms with E-state index in [0.717, 1.165) is 10.9 Å². The van der Waals surface area contributed by atoms with E-state index in [9.17, 15) is 24.2 Å². The highest BCUT2D eigenvalue weighted by molar-refractivity contribution is 5.99. The number of carboxylic acids is 1. The van der Waals surface area contributed by atoms with E-state index in [4.69, 9.17) is 0 Å². The van der Waals surface area contributed by atoms with Gasteiger partial charge in [0.05, 0.1) is 6.54 Å². The summed E-state index contributed by atoms with van der Waals surface area (Å²) >= 11 is 0. The Morgan fingerprint density at radius 3 is 2.38 bits per heavy atom. The van der Waals surface area contributed by atoms with Crippen LogP contribution in [0.1, 0.15) is 28.9 Å². The molecular formula is C22H21FN2O4. The van der Waals surface area contributed by atoms with Crippen LogP contribution in [0.3, 0.4) is 0 Å². The van der Waals surface area contributed by atoms with Crippen LogP contribution in [0.2, 0.25) is 0 Å². The SMILES string of the molecule is O=C(c1cc2ccccc2n1Cc1ccccc1F)N1CCC(O)(C(=O)O)CC1. The Morgan fingerprint density at radius 1 is 1.03 bits per heavy atom. The molecule has 0 aliphatic carbocycles. The predicted molar refractivity (Wildman–Crippen MR) is 105 cm³/mol. The zero-order chi connectivity index (χ0) is 20.6. The Morgan fingerprint density at radius 2 is 1.69 bits per heavy atom. The molecule has 2 N–H and O–H groups in total. The summed E-state index contributed by atoms with van der Waals surface area (Å²) in [6.45, 7) is 0.486. The van der Waals surface area contributed by atoms with Gasteiger partial charge in [0, 0.05) is 42.4 Å². The monoisotopic (exact) mass is 396 g/mol. The number of aliphatic hydroxyl groups is 1. The minimum Gasteiger partial charge on any atom is -0.479 e. The van der Waals surface area contributed by atoms with E-state index in [0.29, 0.717) is 11.3 Å². The van der Waals surface area contributed by atoms with E-state index in [2.05, 4.69) is 0 Å². The molecule has 0 unspecified atom stereocenters. The number of hydrogen-bond acceptors (Lipinski definition) is 3. The Hall–Kier alpha value is -3.19. The summed E-state index contributed by atoms with van der Waals surface area (Å²) in [5, 5.41) is 20.2. The van der Waals surface area contributed by atoms with Gasteiger partial charge in [-0.15, -0.1) is 0 Å². The Balaban J connectivity index is 1.68. The van der Waals surface area contributed by atoms with Crippen LogP contribution in [0, 0.1) is 5.82 Å². The topological polar surface area (TPSA) is 82.8 Å². The van der Waals surface area contributed by atoms with E-state index in [1.807, 2.05) is 24.3 Å². The van der Waals surface area contributed by atoms with Crippen molar-refractivity contribution < 1.29 is 24.2 Å². The summed E-state index contributed by atoms with van der Waals surface area (Å²) < 4.78 is 16.0. The van der Waals surface area contributed by atoms with Crippen LogP contribution in [0.5, 0.6) is 0 Å². The van der Waals surface area contributed by atoms with Crippen molar-refractivity contribution in [1.82, 2.24) is 9.47 Å². The number of halogens is 1. The molecule has 6 nitrogen and oxygen atoms in total. The lowest BCUT2D eigenvalue weighted by Crippen LogP contribution is -2.51. The lowest BCUT2D eigenvalue weighted by atomic mass is 9.91. The smallest absolute Gasteiger partial charge is 0.335 e. The number of benzene rings is 2. The predicted octanol–water partition coefficient (Wildman–Crippen LogP) is 2.88. The molecular weight excluding hydrogens is 375 g/mol. The number of aliphatic carboxylic acids is 1. The van der Waals surface area contributed by atoms with Crippen molar-refractivity contribution in [2.24, 2.45) is 0 Å². The molecule has 150 valence electrons. The highest BCUT2D eigenvalue weighted by atomic mass is 19.1. The van der Waals surface area contributed by atoms with Crippen LogP contribution < -0.4 is 0 Å². The highest BCUT2D eigenvalue weighted by Crippen LogP contribution is 2.27. The van der Waals surface area contributed by atoms with Crippen molar-refractivity contribution in [3.8, 4) is 0 Å². The maximum atomic E-state index is 14.2. The fourth-order valence-corrected chi connectivity index (χ4v) is 3.81. The highest BCUT2D eigenvalue weighted by Gasteiger charge is 2.40. The van der Waals surface area contributed by atoms with Crippen molar-refractivity contribution in [3.05, 3.63) is 71.7 Å².